The first-order chi connectivity index (χ1) is 44.4. The molecule has 0 aromatic heterocycles. The second-order valence-corrected chi connectivity index (χ2v) is 25.3. The Bertz CT molecular complexity index is 2580. The van der Waals surface area contributed by atoms with Gasteiger partial charge in [-0.3, -0.25) is 9.59 Å². The molecule has 0 amide bonds. The Morgan fingerprint density at radius 2 is 1.01 bits per heavy atom. The SMILES string of the molecule is O=C(C=CC1CCC(O)C(O)C1)OC[C@H]1O[C@@H](OC2CC(O)C3CC(O[C@@H]4O[C@H](COC(=O)CC(=O)O[C@H](C(=O)O)[C@@H](O)C(=O)O)[C@H](O)[C@H](O)[C@H]4O[C@@H]4O[C@H](CO)[C@@H](O)[C@H](O)[C@H]4OC(=O)C=CC4CCC(O)C(O)C4)C(C4CC(O)C(O)C(O)C4)OC3C2)[C@H](O)[C@@H](O)[C@@H]1O. The zero-order valence-corrected chi connectivity index (χ0v) is 50.4. The van der Waals surface area contributed by atoms with E-state index in [4.69, 9.17) is 52.5 Å². The Labute approximate surface area is 534 Å². The number of carbonyl (C=O) groups excluding carboxylic acids is 4. The van der Waals surface area contributed by atoms with Crippen molar-refractivity contribution >= 4 is 35.8 Å². The van der Waals surface area contributed by atoms with Gasteiger partial charge in [-0.15, -0.1) is 0 Å². The van der Waals surface area contributed by atoms with Gasteiger partial charge < -0.3 is 149 Å². The second kappa shape index (κ2) is 33.3. The predicted octanol–water partition coefficient (Wildman–Crippen LogP) is -8.76. The molecule has 36 nitrogen and oxygen atoms in total. The van der Waals surface area contributed by atoms with Crippen LogP contribution < -0.4 is 0 Å². The molecule has 0 aromatic rings. The van der Waals surface area contributed by atoms with Crippen molar-refractivity contribution in [2.24, 2.45) is 23.7 Å². The van der Waals surface area contributed by atoms with Gasteiger partial charge in [-0.05, 0) is 75.5 Å². The van der Waals surface area contributed by atoms with Gasteiger partial charge >= 0.3 is 35.8 Å². The van der Waals surface area contributed by atoms with E-state index in [0.29, 0.717) is 19.3 Å². The lowest BCUT2D eigenvalue weighted by atomic mass is 9.72. The van der Waals surface area contributed by atoms with Crippen LogP contribution in [-0.2, 0) is 80.9 Å². The van der Waals surface area contributed by atoms with Crippen LogP contribution in [0, 0.1) is 23.7 Å². The average Bonchev–Trinajstić information content (AvgIpc) is 0.767. The number of esters is 4. The van der Waals surface area contributed by atoms with E-state index >= 15 is 0 Å². The highest BCUT2D eigenvalue weighted by molar-refractivity contribution is 5.93. The number of fused-ring (bicyclic) bond motifs is 1. The van der Waals surface area contributed by atoms with Gasteiger partial charge in [0.15, 0.2) is 31.1 Å². The molecule has 8 rings (SSSR count). The number of hydrogen-bond donors (Lipinski definition) is 19. The monoisotopic (exact) mass is 1360 g/mol. The number of carboxylic acids is 2. The van der Waals surface area contributed by atoms with Crippen LogP contribution in [-0.4, -0.2) is 330 Å². The van der Waals surface area contributed by atoms with Crippen molar-refractivity contribution in [3.05, 3.63) is 24.3 Å². The minimum absolute atomic E-state index is 0.0586. The molecule has 8 aliphatic rings. The van der Waals surface area contributed by atoms with E-state index in [1.165, 1.54) is 12.2 Å². The molecule has 4 heterocycles. The van der Waals surface area contributed by atoms with E-state index in [1.54, 1.807) is 0 Å². The molecule has 94 heavy (non-hydrogen) atoms. The number of allylic oxidation sites excluding steroid dienone is 2. The van der Waals surface area contributed by atoms with Gasteiger partial charge in [0.2, 0.25) is 6.10 Å². The van der Waals surface area contributed by atoms with Crippen LogP contribution in [0.4, 0.5) is 0 Å². The van der Waals surface area contributed by atoms with Crippen LogP contribution in [0.3, 0.4) is 0 Å². The van der Waals surface area contributed by atoms with E-state index in [9.17, 15) is 121 Å². The summed E-state index contributed by atoms with van der Waals surface area (Å²) in [5.41, 5.74) is 0. The number of hydrogen-bond acceptors (Lipinski definition) is 34. The summed E-state index contributed by atoms with van der Waals surface area (Å²) >= 11 is 0. The molecule has 19 N–H and O–H groups in total. The molecule has 8 fully saturated rings. The minimum atomic E-state index is -2.77. The Morgan fingerprint density at radius 1 is 0.468 bits per heavy atom. The Balaban J connectivity index is 1.03. The molecular weight excluding hydrogens is 1270 g/mol. The molecule has 4 aliphatic heterocycles. The van der Waals surface area contributed by atoms with Crippen LogP contribution in [0.1, 0.15) is 77.0 Å². The second-order valence-electron chi connectivity index (χ2n) is 25.3. The highest BCUT2D eigenvalue weighted by atomic mass is 16.8. The third kappa shape index (κ3) is 18.6. The van der Waals surface area contributed by atoms with Crippen LogP contribution >= 0.6 is 0 Å². The van der Waals surface area contributed by atoms with E-state index in [1.807, 2.05) is 0 Å². The van der Waals surface area contributed by atoms with Crippen molar-refractivity contribution in [1.29, 1.82) is 0 Å². The molecule has 31 atom stereocenters. The molecule has 0 spiro atoms. The molecule has 4 saturated heterocycles. The van der Waals surface area contributed by atoms with Crippen molar-refractivity contribution in [3.8, 4) is 0 Å². The topological polar surface area (TPSA) is 588 Å². The third-order valence-corrected chi connectivity index (χ3v) is 18.6. The molecule has 4 saturated carbocycles. The first kappa shape index (κ1) is 75.1. The van der Waals surface area contributed by atoms with E-state index in [2.05, 4.69) is 4.74 Å². The normalized spacial score (nSPS) is 44.4. The van der Waals surface area contributed by atoms with Crippen molar-refractivity contribution in [2.75, 3.05) is 19.8 Å². The average molecular weight is 1360 g/mol. The van der Waals surface area contributed by atoms with Crippen LogP contribution in [0.15, 0.2) is 24.3 Å². The van der Waals surface area contributed by atoms with Gasteiger partial charge in [-0.2, -0.15) is 0 Å². The number of carbonyl (C=O) groups is 6. The fourth-order valence-corrected chi connectivity index (χ4v) is 13.2. The summed E-state index contributed by atoms with van der Waals surface area (Å²) in [5.74, 6) is -12.1. The summed E-state index contributed by atoms with van der Waals surface area (Å²) in [6.45, 7) is -2.77. The van der Waals surface area contributed by atoms with Gasteiger partial charge in [0.25, 0.3) is 0 Å². The lowest BCUT2D eigenvalue weighted by molar-refractivity contribution is -0.379. The molecule has 534 valence electrons. The summed E-state index contributed by atoms with van der Waals surface area (Å²) < 4.78 is 63.8. The highest BCUT2D eigenvalue weighted by Gasteiger charge is 2.57. The summed E-state index contributed by atoms with van der Waals surface area (Å²) in [4.78, 5) is 74.6. The molecular formula is C58H86O36. The maximum absolute atomic E-state index is 13.4. The van der Waals surface area contributed by atoms with E-state index < -0.39 is 257 Å². The quantitative estimate of drug-likeness (QED) is 0.0195. The molecule has 14 unspecified atom stereocenters. The molecule has 0 aromatic carbocycles. The summed E-state index contributed by atoms with van der Waals surface area (Å²) in [5, 5.41) is 202. The largest absolute Gasteiger partial charge is 0.479 e. The standard InChI is InChI=1S/C58H86O36/c59-17-34-42(72)46(76)52(92-38(68)8-4-21-2-6-26(61)29(64)10-21)58(89-34)94-53-47(77)44(74)36(19-85-39(69)16-40(70)93-51(55(82)83)49(79)54(80)81)91-57(53)88-33-15-24-27(62)13-23(14-32(24)87-50(33)22-11-30(65)41(71)31(66)12-22)86-56-48(78)45(75)43(73)35(90-56)18-84-37(67)7-3-20-1-5-25(60)28(63)9-20/h3-4,7-8,20-36,41-53,56-66,71-79H,1-2,5-6,9-19H2,(H,80,81)(H,82,83)/t20?,21?,22?,23?,24?,25?,26?,27?,28?,29?,30?,31?,32?,33?,34-,35-,36-,41?,42-,43-,44+,45+,46+,47+,48-,49-,50?,51+,52-,53-,56-,57-,58+/m1/s1. The van der Waals surface area contributed by atoms with Crippen LogP contribution in [0.2, 0.25) is 0 Å². The number of aliphatic hydroxyl groups excluding tert-OH is 17. The Hall–Kier alpha value is -4.66. The lowest BCUT2D eigenvalue weighted by Gasteiger charge is -2.52. The lowest BCUT2D eigenvalue weighted by Crippen LogP contribution is -2.66. The molecule has 4 aliphatic carbocycles. The maximum atomic E-state index is 13.4. The maximum Gasteiger partial charge on any atom is 0.348 e. The first-order valence-electron chi connectivity index (χ1n) is 31.1. The predicted molar refractivity (Wildman–Crippen MR) is 297 cm³/mol. The Kier molecular flexibility index (Phi) is 26.6. The summed E-state index contributed by atoms with van der Waals surface area (Å²) in [6, 6.07) is 0. The Morgan fingerprint density at radius 3 is 1.60 bits per heavy atom. The van der Waals surface area contributed by atoms with E-state index in [0.717, 1.165) is 12.2 Å². The number of rotatable bonds is 23. The number of ether oxygens (including phenoxy) is 11. The fourth-order valence-electron chi connectivity index (χ4n) is 13.2. The third-order valence-electron chi connectivity index (χ3n) is 18.6. The summed E-state index contributed by atoms with van der Waals surface area (Å²) in [7, 11) is 0. The van der Waals surface area contributed by atoms with Gasteiger partial charge in [-0.25, -0.2) is 19.2 Å². The highest BCUT2D eigenvalue weighted by Crippen LogP contribution is 2.45. The first-order valence-corrected chi connectivity index (χ1v) is 31.1. The molecule has 0 radical (unpaired) electrons. The van der Waals surface area contributed by atoms with Crippen molar-refractivity contribution in [2.45, 2.75) is 255 Å². The van der Waals surface area contributed by atoms with Crippen molar-refractivity contribution in [1.82, 2.24) is 0 Å². The van der Waals surface area contributed by atoms with Gasteiger partial charge in [-0.1, -0.05) is 12.2 Å². The zero-order valence-electron chi connectivity index (χ0n) is 50.4. The van der Waals surface area contributed by atoms with E-state index in [-0.39, 0.29) is 57.3 Å². The summed E-state index contributed by atoms with van der Waals surface area (Å²) in [6.07, 6.45) is -46.5. The van der Waals surface area contributed by atoms with Crippen molar-refractivity contribution in [3.63, 3.8) is 0 Å². The minimum Gasteiger partial charge on any atom is -0.479 e. The number of aliphatic carboxylic acids is 2. The molecule has 36 heteroatoms. The molecule has 0 bridgehead atoms. The van der Waals surface area contributed by atoms with Gasteiger partial charge in [0.05, 0.1) is 73.8 Å². The van der Waals surface area contributed by atoms with Crippen LogP contribution in [0.5, 0.6) is 0 Å². The van der Waals surface area contributed by atoms with Gasteiger partial charge in [0, 0.05) is 30.9 Å². The van der Waals surface area contributed by atoms with Gasteiger partial charge in [0.1, 0.15) is 92.9 Å². The fraction of sp³-hybridized carbons (Fsp3) is 0.828. The number of carboxylic acid groups (broad SMARTS) is 2. The zero-order chi connectivity index (χ0) is 68.7. The van der Waals surface area contributed by atoms with Crippen molar-refractivity contribution < 1.29 is 178 Å². The smallest absolute Gasteiger partial charge is 0.348 e. The number of aliphatic hydroxyl groups is 17. The van der Waals surface area contributed by atoms with Crippen LogP contribution in [0.25, 0.3) is 0 Å².